The van der Waals surface area contributed by atoms with E-state index in [-0.39, 0.29) is 11.7 Å². The largest absolute Gasteiger partial charge is 0.387 e. The number of amides is 1. The molecule has 1 aromatic carbocycles. The lowest BCUT2D eigenvalue weighted by atomic mass is 10.0. The minimum absolute atomic E-state index is 0.233. The number of aliphatic hydroxyl groups excluding tert-OH is 1. The Morgan fingerprint density at radius 1 is 1.15 bits per heavy atom. The predicted octanol–water partition coefficient (Wildman–Crippen LogP) is 1.88. The van der Waals surface area contributed by atoms with E-state index in [4.69, 9.17) is 0 Å². The lowest BCUT2D eigenvalue weighted by molar-refractivity contribution is -0.136. The molecule has 2 saturated heterocycles. The summed E-state index contributed by atoms with van der Waals surface area (Å²) in [6, 6.07) is 6.74. The van der Waals surface area contributed by atoms with Crippen molar-refractivity contribution >= 4 is 5.91 Å². The van der Waals surface area contributed by atoms with Crippen molar-refractivity contribution in [2.75, 3.05) is 45.8 Å². The van der Waals surface area contributed by atoms with Crippen LogP contribution in [0.3, 0.4) is 0 Å². The first-order chi connectivity index (χ1) is 12.5. The number of hydrogen-bond donors (Lipinski definition) is 1. The van der Waals surface area contributed by atoms with Crippen LogP contribution in [0.4, 0.5) is 4.39 Å². The van der Waals surface area contributed by atoms with Crippen LogP contribution in [0.2, 0.25) is 0 Å². The van der Waals surface area contributed by atoms with Crippen LogP contribution in [0.15, 0.2) is 24.3 Å². The summed E-state index contributed by atoms with van der Waals surface area (Å²) in [7, 11) is 0. The van der Waals surface area contributed by atoms with Crippen molar-refractivity contribution < 1.29 is 14.3 Å². The monoisotopic (exact) mass is 363 g/mol. The van der Waals surface area contributed by atoms with Gasteiger partial charge in [-0.2, -0.15) is 0 Å². The van der Waals surface area contributed by atoms with Gasteiger partial charge in [-0.1, -0.05) is 18.2 Å². The Labute approximate surface area is 155 Å². The minimum atomic E-state index is -0.821. The molecule has 0 bridgehead atoms. The first kappa shape index (κ1) is 19.3. The van der Waals surface area contributed by atoms with Gasteiger partial charge < -0.3 is 10.0 Å². The standard InChI is InChI=1S/C20H30FN3O2/c1-16-6-4-5-9-24(16)20(26)15-23-12-10-22(11-13-23)14-19(25)17-7-2-3-8-18(17)21/h2-3,7-8,16,19,25H,4-6,9-15H2,1H3/t16-,19+/m1/s1. The van der Waals surface area contributed by atoms with Gasteiger partial charge >= 0.3 is 0 Å². The average Bonchev–Trinajstić information content (AvgIpc) is 2.64. The lowest BCUT2D eigenvalue weighted by Crippen LogP contribution is -2.52. The van der Waals surface area contributed by atoms with E-state index in [2.05, 4.69) is 16.7 Å². The third kappa shape index (κ3) is 4.81. The fraction of sp³-hybridized carbons (Fsp3) is 0.650. The summed E-state index contributed by atoms with van der Waals surface area (Å²) < 4.78 is 13.8. The Bertz CT molecular complexity index is 604. The number of aliphatic hydroxyl groups is 1. The highest BCUT2D eigenvalue weighted by Gasteiger charge is 2.27. The fourth-order valence-electron chi connectivity index (χ4n) is 3.97. The molecule has 3 rings (SSSR count). The second kappa shape index (κ2) is 8.93. The van der Waals surface area contributed by atoms with Gasteiger partial charge in [0.05, 0.1) is 12.6 Å². The molecule has 1 amide bonds. The summed E-state index contributed by atoms with van der Waals surface area (Å²) in [6.07, 6.45) is 2.61. The van der Waals surface area contributed by atoms with E-state index >= 15 is 0 Å². The summed E-state index contributed by atoms with van der Waals surface area (Å²) in [5, 5.41) is 10.3. The molecule has 0 aliphatic carbocycles. The molecule has 0 spiro atoms. The number of carbonyl (C=O) groups excluding carboxylic acids is 1. The van der Waals surface area contributed by atoms with Crippen LogP contribution in [0, 0.1) is 5.82 Å². The van der Waals surface area contributed by atoms with E-state index in [0.717, 1.165) is 45.6 Å². The molecule has 2 aliphatic heterocycles. The van der Waals surface area contributed by atoms with Crippen molar-refractivity contribution in [1.82, 2.24) is 14.7 Å². The van der Waals surface area contributed by atoms with Crippen LogP contribution >= 0.6 is 0 Å². The summed E-state index contributed by atoms with van der Waals surface area (Å²) in [6.45, 7) is 7.10. The van der Waals surface area contributed by atoms with Crippen molar-refractivity contribution in [2.45, 2.75) is 38.3 Å². The summed E-state index contributed by atoms with van der Waals surface area (Å²) in [5.74, 6) is -0.128. The van der Waals surface area contributed by atoms with Crippen LogP contribution in [0.5, 0.6) is 0 Å². The smallest absolute Gasteiger partial charge is 0.236 e. The second-order valence-electron chi connectivity index (χ2n) is 7.55. The van der Waals surface area contributed by atoms with Gasteiger partial charge in [0.15, 0.2) is 0 Å². The third-order valence-electron chi connectivity index (χ3n) is 5.64. The van der Waals surface area contributed by atoms with Gasteiger partial charge in [-0.15, -0.1) is 0 Å². The summed E-state index contributed by atoms with van der Waals surface area (Å²) >= 11 is 0. The number of piperidine rings is 1. The predicted molar refractivity (Wildman–Crippen MR) is 99.3 cm³/mol. The van der Waals surface area contributed by atoms with Crippen LogP contribution in [-0.2, 0) is 4.79 Å². The molecule has 1 N–H and O–H groups in total. The second-order valence-corrected chi connectivity index (χ2v) is 7.55. The number of β-amino-alcohol motifs (C(OH)–C–C–N with tert-alkyl or cyclic N) is 1. The molecular formula is C20H30FN3O2. The van der Waals surface area contributed by atoms with Gasteiger partial charge in [-0.05, 0) is 32.3 Å². The molecule has 0 radical (unpaired) electrons. The highest BCUT2D eigenvalue weighted by molar-refractivity contribution is 5.78. The number of carbonyl (C=O) groups is 1. The molecule has 0 aromatic heterocycles. The zero-order chi connectivity index (χ0) is 18.5. The topological polar surface area (TPSA) is 47.0 Å². The first-order valence-corrected chi connectivity index (χ1v) is 9.71. The van der Waals surface area contributed by atoms with Gasteiger partial charge in [-0.25, -0.2) is 4.39 Å². The molecule has 0 saturated carbocycles. The zero-order valence-corrected chi connectivity index (χ0v) is 15.6. The molecule has 2 fully saturated rings. The Balaban J connectivity index is 1.44. The molecule has 6 heteroatoms. The van der Waals surface area contributed by atoms with E-state index in [1.807, 2.05) is 4.90 Å². The Morgan fingerprint density at radius 2 is 1.85 bits per heavy atom. The van der Waals surface area contributed by atoms with Crippen molar-refractivity contribution in [1.29, 1.82) is 0 Å². The average molecular weight is 363 g/mol. The molecule has 144 valence electrons. The summed E-state index contributed by atoms with van der Waals surface area (Å²) in [4.78, 5) is 18.9. The van der Waals surface area contributed by atoms with Gasteiger partial charge in [0.25, 0.3) is 0 Å². The van der Waals surface area contributed by atoms with Crippen LogP contribution < -0.4 is 0 Å². The number of rotatable bonds is 5. The highest BCUT2D eigenvalue weighted by atomic mass is 19.1. The minimum Gasteiger partial charge on any atom is -0.387 e. The number of likely N-dealkylation sites (tertiary alicyclic amines) is 1. The van der Waals surface area contributed by atoms with Crippen molar-refractivity contribution in [3.63, 3.8) is 0 Å². The number of halogens is 1. The molecule has 1 aromatic rings. The maximum absolute atomic E-state index is 13.8. The molecule has 5 nitrogen and oxygen atoms in total. The lowest BCUT2D eigenvalue weighted by Gasteiger charge is -2.38. The van der Waals surface area contributed by atoms with Gasteiger partial charge in [0.2, 0.25) is 5.91 Å². The summed E-state index contributed by atoms with van der Waals surface area (Å²) in [5.41, 5.74) is 0.351. The maximum Gasteiger partial charge on any atom is 0.236 e. The van der Waals surface area contributed by atoms with Crippen LogP contribution in [-0.4, -0.2) is 77.6 Å². The van der Waals surface area contributed by atoms with Gasteiger partial charge in [0, 0.05) is 50.9 Å². The zero-order valence-electron chi connectivity index (χ0n) is 15.6. The Kier molecular flexibility index (Phi) is 6.62. The molecule has 0 unspecified atom stereocenters. The van der Waals surface area contributed by atoms with Gasteiger partial charge in [-0.3, -0.25) is 14.6 Å². The molecule has 2 aliphatic rings. The van der Waals surface area contributed by atoms with E-state index in [0.29, 0.717) is 24.7 Å². The molecule has 2 atom stereocenters. The van der Waals surface area contributed by atoms with E-state index in [9.17, 15) is 14.3 Å². The highest BCUT2D eigenvalue weighted by Crippen LogP contribution is 2.19. The quantitative estimate of drug-likeness (QED) is 0.868. The molecule has 26 heavy (non-hydrogen) atoms. The number of piperazine rings is 1. The van der Waals surface area contributed by atoms with E-state index in [1.54, 1.807) is 18.2 Å². The van der Waals surface area contributed by atoms with E-state index in [1.165, 1.54) is 12.5 Å². The van der Waals surface area contributed by atoms with Crippen molar-refractivity contribution in [3.05, 3.63) is 35.6 Å². The Hall–Kier alpha value is -1.50. The van der Waals surface area contributed by atoms with Crippen molar-refractivity contribution in [2.24, 2.45) is 0 Å². The van der Waals surface area contributed by atoms with Crippen LogP contribution in [0.25, 0.3) is 0 Å². The first-order valence-electron chi connectivity index (χ1n) is 9.71. The maximum atomic E-state index is 13.8. The molecular weight excluding hydrogens is 333 g/mol. The fourth-order valence-corrected chi connectivity index (χ4v) is 3.97. The molecule has 2 heterocycles. The third-order valence-corrected chi connectivity index (χ3v) is 5.64. The van der Waals surface area contributed by atoms with Crippen LogP contribution in [0.1, 0.15) is 37.9 Å². The normalized spacial score (nSPS) is 23.8. The number of benzene rings is 1. The number of hydrogen-bond acceptors (Lipinski definition) is 4. The van der Waals surface area contributed by atoms with Crippen molar-refractivity contribution in [3.8, 4) is 0 Å². The van der Waals surface area contributed by atoms with E-state index < -0.39 is 6.10 Å². The SMILES string of the molecule is C[C@@H]1CCCCN1C(=O)CN1CCN(C[C@H](O)c2ccccc2F)CC1. The number of nitrogens with zero attached hydrogens (tertiary/aromatic N) is 3. The van der Waals surface area contributed by atoms with Gasteiger partial charge in [0.1, 0.15) is 5.82 Å². The Morgan fingerprint density at radius 3 is 2.54 bits per heavy atom.